The molecule has 2 atom stereocenters. The Hall–Kier alpha value is -2.80. The first kappa shape index (κ1) is 22.9. The van der Waals surface area contributed by atoms with Gasteiger partial charge in [0.05, 0.1) is 29.3 Å². The lowest BCUT2D eigenvalue weighted by Crippen LogP contribution is -2.46. The largest absolute Gasteiger partial charge is 0.389 e. The summed E-state index contributed by atoms with van der Waals surface area (Å²) >= 11 is 0. The Kier molecular flexibility index (Phi) is 7.38. The van der Waals surface area contributed by atoms with Crippen LogP contribution in [0, 0.1) is 10.1 Å². The molecular formula is C25H30N2O4. The lowest BCUT2D eigenvalue weighted by atomic mass is 9.93. The second-order valence-electron chi connectivity index (χ2n) is 8.57. The van der Waals surface area contributed by atoms with E-state index in [2.05, 4.69) is 49.5 Å². The molecule has 0 amide bonds. The number of rotatable bonds is 10. The molecule has 0 spiro atoms. The molecule has 0 radical (unpaired) electrons. The Morgan fingerprint density at radius 3 is 2.48 bits per heavy atom. The van der Waals surface area contributed by atoms with Gasteiger partial charge in [0.1, 0.15) is 0 Å². The van der Waals surface area contributed by atoms with E-state index in [1.165, 1.54) is 22.4 Å². The average Bonchev–Trinajstić information content (AvgIpc) is 2.75. The fraction of sp³-hybridized carbons (Fsp3) is 0.360. The number of para-hydroxylation sites is 1. The van der Waals surface area contributed by atoms with E-state index >= 15 is 0 Å². The summed E-state index contributed by atoms with van der Waals surface area (Å²) in [5, 5.41) is 27.4. The molecule has 0 aromatic heterocycles. The van der Waals surface area contributed by atoms with E-state index in [1.807, 2.05) is 12.1 Å². The molecule has 1 unspecified atom stereocenters. The molecule has 0 saturated heterocycles. The maximum absolute atomic E-state index is 11.2. The summed E-state index contributed by atoms with van der Waals surface area (Å²) in [6.45, 7) is 6.42. The number of aliphatic hydroxyl groups is 1. The molecule has 3 aromatic rings. The molecule has 0 saturated carbocycles. The van der Waals surface area contributed by atoms with Crippen molar-refractivity contribution < 1.29 is 14.8 Å². The molecule has 0 heterocycles. The van der Waals surface area contributed by atoms with Gasteiger partial charge in [-0.1, -0.05) is 54.6 Å². The van der Waals surface area contributed by atoms with Crippen LogP contribution in [0.2, 0.25) is 0 Å². The molecule has 31 heavy (non-hydrogen) atoms. The highest BCUT2D eigenvalue weighted by molar-refractivity contribution is 5.83. The number of ether oxygens (including phenoxy) is 1. The molecule has 3 rings (SSSR count). The van der Waals surface area contributed by atoms with Crippen molar-refractivity contribution in [2.45, 2.75) is 44.9 Å². The Labute approximate surface area is 183 Å². The van der Waals surface area contributed by atoms with Crippen LogP contribution < -0.4 is 5.32 Å². The molecule has 3 aromatic carbocycles. The highest BCUT2D eigenvalue weighted by Gasteiger charge is 2.22. The first-order valence-corrected chi connectivity index (χ1v) is 10.5. The van der Waals surface area contributed by atoms with Gasteiger partial charge < -0.3 is 15.2 Å². The quantitative estimate of drug-likeness (QED) is 0.362. The van der Waals surface area contributed by atoms with Gasteiger partial charge in [-0.3, -0.25) is 10.1 Å². The van der Waals surface area contributed by atoms with Crippen LogP contribution >= 0.6 is 0 Å². The zero-order valence-corrected chi connectivity index (χ0v) is 18.2. The molecule has 0 aliphatic heterocycles. The zero-order chi connectivity index (χ0) is 22.4. The molecule has 0 bridgehead atoms. The van der Waals surface area contributed by atoms with Crippen molar-refractivity contribution in [1.82, 2.24) is 5.32 Å². The van der Waals surface area contributed by atoms with E-state index < -0.39 is 17.1 Å². The summed E-state index contributed by atoms with van der Waals surface area (Å²) < 4.78 is 5.72. The van der Waals surface area contributed by atoms with Crippen molar-refractivity contribution in [2.75, 3.05) is 13.2 Å². The van der Waals surface area contributed by atoms with Crippen LogP contribution in [-0.2, 0) is 11.2 Å². The van der Waals surface area contributed by atoms with Crippen LogP contribution in [0.25, 0.3) is 10.8 Å². The smallest absolute Gasteiger partial charge is 0.275 e. The van der Waals surface area contributed by atoms with Gasteiger partial charge in [0.2, 0.25) is 0 Å². The minimum atomic E-state index is -0.721. The second kappa shape index (κ2) is 10.0. The maximum Gasteiger partial charge on any atom is 0.275 e. The number of nitro groups is 1. The van der Waals surface area contributed by atoms with Crippen LogP contribution in [0.1, 0.15) is 38.0 Å². The number of hydrogen-bond acceptors (Lipinski definition) is 5. The highest BCUT2D eigenvalue weighted by Crippen LogP contribution is 2.27. The predicted octanol–water partition coefficient (Wildman–Crippen LogP) is 4.80. The number of β-amino-alcohol motifs (C(OH)–C–C–N with tert-alkyl or cyclic N) is 1. The summed E-state index contributed by atoms with van der Waals surface area (Å²) in [5.74, 6) is 0. The van der Waals surface area contributed by atoms with E-state index in [0.717, 1.165) is 6.42 Å². The topological polar surface area (TPSA) is 84.6 Å². The molecular weight excluding hydrogens is 392 g/mol. The van der Waals surface area contributed by atoms with Crippen LogP contribution in [-0.4, -0.2) is 34.8 Å². The minimum Gasteiger partial charge on any atom is -0.389 e. The van der Waals surface area contributed by atoms with Gasteiger partial charge in [0, 0.05) is 18.2 Å². The number of nitro benzene ring substituents is 1. The van der Waals surface area contributed by atoms with E-state index in [-0.39, 0.29) is 17.8 Å². The van der Waals surface area contributed by atoms with Crippen molar-refractivity contribution in [3.8, 4) is 0 Å². The van der Waals surface area contributed by atoms with Crippen molar-refractivity contribution in [1.29, 1.82) is 0 Å². The number of nitrogens with one attached hydrogen (secondary N) is 1. The van der Waals surface area contributed by atoms with Gasteiger partial charge in [0.15, 0.2) is 0 Å². The standard InChI is InChI=1S/C25H30N2O4/c1-18(23-10-6-7-11-24(23)27(29)30)31-17-22(28)16-26-25(2,3)15-19-12-13-20-8-4-5-9-21(20)14-19/h4-14,18,22,26,28H,15-17H2,1-3H3/t18?,22-/m1/s1. The summed E-state index contributed by atoms with van der Waals surface area (Å²) in [4.78, 5) is 10.8. The summed E-state index contributed by atoms with van der Waals surface area (Å²) in [6.07, 6.45) is -0.388. The third-order valence-corrected chi connectivity index (χ3v) is 5.39. The number of hydrogen-bond donors (Lipinski definition) is 2. The van der Waals surface area contributed by atoms with Gasteiger partial charge in [-0.25, -0.2) is 0 Å². The minimum absolute atomic E-state index is 0.0270. The number of benzene rings is 3. The van der Waals surface area contributed by atoms with Gasteiger partial charge in [0.25, 0.3) is 5.69 Å². The monoisotopic (exact) mass is 422 g/mol. The van der Waals surface area contributed by atoms with E-state index in [9.17, 15) is 15.2 Å². The molecule has 0 fully saturated rings. The van der Waals surface area contributed by atoms with E-state index in [1.54, 1.807) is 25.1 Å². The van der Waals surface area contributed by atoms with Crippen molar-refractivity contribution in [3.63, 3.8) is 0 Å². The maximum atomic E-state index is 11.2. The van der Waals surface area contributed by atoms with E-state index in [4.69, 9.17) is 4.74 Å². The number of nitrogens with zero attached hydrogens (tertiary/aromatic N) is 1. The summed E-state index contributed by atoms with van der Waals surface area (Å²) in [7, 11) is 0. The SMILES string of the molecule is CC(OC[C@H](O)CNC(C)(C)Cc1ccc2ccccc2c1)c1ccccc1[N+](=O)[O-]. The van der Waals surface area contributed by atoms with Crippen LogP contribution in [0.3, 0.4) is 0 Å². The zero-order valence-electron chi connectivity index (χ0n) is 18.2. The van der Waals surface area contributed by atoms with Crippen molar-refractivity contribution in [2.24, 2.45) is 0 Å². The number of fused-ring (bicyclic) bond motifs is 1. The second-order valence-corrected chi connectivity index (χ2v) is 8.57. The lowest BCUT2D eigenvalue weighted by molar-refractivity contribution is -0.386. The average molecular weight is 423 g/mol. The predicted molar refractivity (Wildman–Crippen MR) is 123 cm³/mol. The first-order valence-electron chi connectivity index (χ1n) is 10.5. The molecule has 164 valence electrons. The van der Waals surface area contributed by atoms with Crippen molar-refractivity contribution in [3.05, 3.63) is 88.0 Å². The van der Waals surface area contributed by atoms with Gasteiger partial charge in [-0.15, -0.1) is 0 Å². The third kappa shape index (κ3) is 6.34. The third-order valence-electron chi connectivity index (χ3n) is 5.39. The molecule has 0 aliphatic carbocycles. The Bertz CT molecular complexity index is 1030. The van der Waals surface area contributed by atoms with E-state index in [0.29, 0.717) is 12.1 Å². The molecule has 6 heteroatoms. The summed E-state index contributed by atoms with van der Waals surface area (Å²) in [6, 6.07) is 21.3. The fourth-order valence-electron chi connectivity index (χ4n) is 3.72. The number of aliphatic hydroxyl groups excluding tert-OH is 1. The lowest BCUT2D eigenvalue weighted by Gasteiger charge is -2.28. The normalized spacial score (nSPS) is 13.8. The van der Waals surface area contributed by atoms with Crippen LogP contribution in [0.4, 0.5) is 5.69 Å². The van der Waals surface area contributed by atoms with Gasteiger partial charge >= 0.3 is 0 Å². The fourth-order valence-corrected chi connectivity index (χ4v) is 3.72. The molecule has 0 aliphatic rings. The van der Waals surface area contributed by atoms with Gasteiger partial charge in [-0.2, -0.15) is 0 Å². The molecule has 6 nitrogen and oxygen atoms in total. The van der Waals surface area contributed by atoms with Crippen LogP contribution in [0.5, 0.6) is 0 Å². The van der Waals surface area contributed by atoms with Gasteiger partial charge in [-0.05, 0) is 49.6 Å². The van der Waals surface area contributed by atoms with Crippen molar-refractivity contribution >= 4 is 16.5 Å². The summed E-state index contributed by atoms with van der Waals surface area (Å²) in [5.41, 5.74) is 1.54. The Morgan fingerprint density at radius 1 is 1.06 bits per heavy atom. The van der Waals surface area contributed by atoms with Crippen LogP contribution in [0.15, 0.2) is 66.7 Å². The Balaban J connectivity index is 1.51. The Morgan fingerprint density at radius 2 is 1.74 bits per heavy atom. The first-order chi connectivity index (χ1) is 14.7. The highest BCUT2D eigenvalue weighted by atomic mass is 16.6. The molecule has 2 N–H and O–H groups in total.